The summed E-state index contributed by atoms with van der Waals surface area (Å²) in [4.78, 5) is 12.3. The van der Waals surface area contributed by atoms with E-state index in [1.807, 2.05) is 12.1 Å². The molecule has 1 fully saturated rings. The maximum absolute atomic E-state index is 12.3. The lowest BCUT2D eigenvalue weighted by Gasteiger charge is -2.39. The minimum atomic E-state index is -1.57. The van der Waals surface area contributed by atoms with Gasteiger partial charge in [0.05, 0.1) is 36.7 Å². The monoisotopic (exact) mass is 429 g/mol. The van der Waals surface area contributed by atoms with Crippen LogP contribution in [0.15, 0.2) is 54.7 Å². The number of aliphatic hydroxyl groups is 4. The van der Waals surface area contributed by atoms with E-state index < -0.39 is 43.3 Å². The maximum atomic E-state index is 12.3. The molecule has 3 aromatic rings. The van der Waals surface area contributed by atoms with E-state index in [0.29, 0.717) is 27.9 Å². The van der Waals surface area contributed by atoms with Crippen molar-refractivity contribution in [2.24, 2.45) is 0 Å². The van der Waals surface area contributed by atoms with Gasteiger partial charge in [0.1, 0.15) is 24.1 Å². The van der Waals surface area contributed by atoms with Gasteiger partial charge in [-0.05, 0) is 24.3 Å². The summed E-state index contributed by atoms with van der Waals surface area (Å²) in [5, 5.41) is 40.7. The van der Waals surface area contributed by atoms with Gasteiger partial charge in [-0.3, -0.25) is 0 Å². The number of rotatable bonds is 5. The van der Waals surface area contributed by atoms with Gasteiger partial charge in [-0.15, -0.1) is 0 Å². The number of fused-ring (bicyclic) bond motifs is 1. The molecule has 0 amide bonds. The number of hydrogen-bond donors (Lipinski definition) is 4. The molecule has 9 heteroatoms. The molecule has 1 aliphatic heterocycles. The van der Waals surface area contributed by atoms with Crippen molar-refractivity contribution < 1.29 is 39.4 Å². The summed E-state index contributed by atoms with van der Waals surface area (Å²) in [7, 11) is 1.30. The molecular formula is C22H23NO8. The highest BCUT2D eigenvalue weighted by Crippen LogP contribution is 2.34. The molecule has 2 heterocycles. The van der Waals surface area contributed by atoms with Gasteiger partial charge < -0.3 is 39.2 Å². The lowest BCUT2D eigenvalue weighted by molar-refractivity contribution is -0.280. The van der Waals surface area contributed by atoms with Crippen molar-refractivity contribution in [3.63, 3.8) is 0 Å². The van der Waals surface area contributed by atoms with Crippen LogP contribution in [0.25, 0.3) is 16.6 Å². The van der Waals surface area contributed by atoms with Crippen LogP contribution in [-0.2, 0) is 9.47 Å². The molecule has 0 bridgehead atoms. The van der Waals surface area contributed by atoms with Crippen LogP contribution in [0.2, 0.25) is 0 Å². The fourth-order valence-corrected chi connectivity index (χ4v) is 3.75. The van der Waals surface area contributed by atoms with Crippen LogP contribution in [0.5, 0.6) is 5.75 Å². The third kappa shape index (κ3) is 3.78. The van der Waals surface area contributed by atoms with Crippen molar-refractivity contribution in [1.29, 1.82) is 0 Å². The van der Waals surface area contributed by atoms with E-state index in [2.05, 4.69) is 0 Å². The molecule has 2 aromatic carbocycles. The van der Waals surface area contributed by atoms with Crippen LogP contribution in [0, 0.1) is 0 Å². The zero-order valence-electron chi connectivity index (χ0n) is 16.7. The topological polar surface area (TPSA) is 131 Å². The van der Waals surface area contributed by atoms with Crippen LogP contribution < -0.4 is 4.74 Å². The number of methoxy groups -OCH3 is 1. The Labute approximate surface area is 177 Å². The Hall–Kier alpha value is -2.95. The number of carbonyl (C=O) groups is 1. The average Bonchev–Trinajstić information content (AvgIpc) is 3.17. The number of esters is 1. The van der Waals surface area contributed by atoms with Crippen molar-refractivity contribution >= 4 is 16.9 Å². The van der Waals surface area contributed by atoms with E-state index in [0.717, 1.165) is 0 Å². The molecule has 0 spiro atoms. The summed E-state index contributed by atoms with van der Waals surface area (Å²) < 4.78 is 17.7. The average molecular weight is 429 g/mol. The van der Waals surface area contributed by atoms with Crippen LogP contribution in [-0.4, -0.2) is 75.4 Å². The number of aromatic nitrogens is 1. The zero-order valence-corrected chi connectivity index (χ0v) is 16.7. The van der Waals surface area contributed by atoms with Crippen LogP contribution in [0.4, 0.5) is 0 Å². The minimum Gasteiger partial charge on any atom is -0.480 e. The van der Waals surface area contributed by atoms with E-state index in [-0.39, 0.29) is 0 Å². The van der Waals surface area contributed by atoms with Gasteiger partial charge in [-0.1, -0.05) is 24.3 Å². The van der Waals surface area contributed by atoms with Gasteiger partial charge in [-0.2, -0.15) is 0 Å². The van der Waals surface area contributed by atoms with E-state index >= 15 is 0 Å². The number of ether oxygens (including phenoxy) is 3. The van der Waals surface area contributed by atoms with Crippen molar-refractivity contribution in [1.82, 2.24) is 4.57 Å². The van der Waals surface area contributed by atoms with Crippen molar-refractivity contribution in [3.8, 4) is 11.4 Å². The van der Waals surface area contributed by atoms with E-state index in [1.54, 1.807) is 47.2 Å². The predicted octanol–water partition coefficient (Wildman–Crippen LogP) is 0.596. The first-order chi connectivity index (χ1) is 15.0. The second-order valence-electron chi connectivity index (χ2n) is 7.20. The van der Waals surface area contributed by atoms with Crippen LogP contribution in [0.3, 0.4) is 0 Å². The molecular weight excluding hydrogens is 406 g/mol. The molecule has 0 radical (unpaired) electrons. The summed E-state index contributed by atoms with van der Waals surface area (Å²) in [5.41, 5.74) is 1.62. The Morgan fingerprint density at radius 1 is 1.06 bits per heavy atom. The first-order valence-electron chi connectivity index (χ1n) is 9.71. The first-order valence-corrected chi connectivity index (χ1v) is 9.71. The Balaban J connectivity index is 1.76. The molecule has 9 nitrogen and oxygen atoms in total. The van der Waals surface area contributed by atoms with Crippen molar-refractivity contribution in [2.45, 2.75) is 30.7 Å². The van der Waals surface area contributed by atoms with Crippen LogP contribution in [0.1, 0.15) is 10.4 Å². The normalized spacial score (nSPS) is 26.0. The first kappa shape index (κ1) is 21.3. The standard InChI is InChI=1S/C22H23NO8/c1-29-21(27)13-7-3-5-9-15(13)23-10-16(12-6-2-4-8-14(12)23)30-20-19(26)18(25)17(11-24)31-22(20)28/h2-10,17-20,22,24-26,28H,11H2,1H3/t17-,18+,19+,20-,22-/m1/s1. The number of hydrogen-bond acceptors (Lipinski definition) is 8. The number of nitrogens with zero attached hydrogens (tertiary/aromatic N) is 1. The summed E-state index contributed by atoms with van der Waals surface area (Å²) in [6.07, 6.45) is -5.31. The van der Waals surface area contributed by atoms with Crippen molar-refractivity contribution in [2.75, 3.05) is 13.7 Å². The molecule has 0 unspecified atom stereocenters. The number of aliphatic hydroxyl groups excluding tert-OH is 4. The predicted molar refractivity (Wildman–Crippen MR) is 109 cm³/mol. The molecule has 4 N–H and O–H groups in total. The molecule has 0 saturated carbocycles. The Kier molecular flexibility index (Phi) is 5.94. The molecule has 5 atom stereocenters. The lowest BCUT2D eigenvalue weighted by atomic mass is 9.99. The SMILES string of the molecule is COC(=O)c1ccccc1-n1cc(O[C@@H]2[C@@H](O)[C@@H](O)[C@@H](CO)O[C@H]2O)c2ccccc21. The van der Waals surface area contributed by atoms with E-state index in [1.165, 1.54) is 7.11 Å². The molecule has 1 saturated heterocycles. The largest absolute Gasteiger partial charge is 0.480 e. The summed E-state index contributed by atoms with van der Waals surface area (Å²) >= 11 is 0. The Morgan fingerprint density at radius 2 is 1.77 bits per heavy atom. The van der Waals surface area contributed by atoms with Gasteiger partial charge in [0.25, 0.3) is 0 Å². The summed E-state index contributed by atoms with van der Waals surface area (Å²) in [5.74, 6) is -0.197. The summed E-state index contributed by atoms with van der Waals surface area (Å²) in [6, 6.07) is 14.2. The molecule has 4 rings (SSSR count). The van der Waals surface area contributed by atoms with E-state index in [4.69, 9.17) is 14.2 Å². The van der Waals surface area contributed by atoms with Gasteiger partial charge in [0, 0.05) is 5.39 Å². The minimum absolute atomic E-state index is 0.302. The van der Waals surface area contributed by atoms with E-state index in [9.17, 15) is 25.2 Å². The fourth-order valence-electron chi connectivity index (χ4n) is 3.75. The van der Waals surface area contributed by atoms with Crippen molar-refractivity contribution in [3.05, 3.63) is 60.3 Å². The Morgan fingerprint density at radius 3 is 2.52 bits per heavy atom. The highest BCUT2D eigenvalue weighted by Gasteiger charge is 2.45. The second-order valence-corrected chi connectivity index (χ2v) is 7.20. The smallest absolute Gasteiger partial charge is 0.339 e. The quantitative estimate of drug-likeness (QED) is 0.434. The lowest BCUT2D eigenvalue weighted by Crippen LogP contribution is -2.60. The molecule has 31 heavy (non-hydrogen) atoms. The number of benzene rings is 2. The Bertz CT molecular complexity index is 1080. The number of para-hydroxylation sites is 2. The third-order valence-corrected chi connectivity index (χ3v) is 5.35. The molecule has 1 aliphatic rings. The van der Waals surface area contributed by atoms with Gasteiger partial charge in [-0.25, -0.2) is 4.79 Å². The second kappa shape index (κ2) is 8.66. The molecule has 164 valence electrons. The highest BCUT2D eigenvalue weighted by atomic mass is 16.7. The van der Waals surface area contributed by atoms with Gasteiger partial charge in [0.15, 0.2) is 12.4 Å². The number of carbonyl (C=O) groups excluding carboxylic acids is 1. The molecule has 0 aliphatic carbocycles. The van der Waals surface area contributed by atoms with Gasteiger partial charge in [0.2, 0.25) is 0 Å². The maximum Gasteiger partial charge on any atom is 0.339 e. The molecule has 1 aromatic heterocycles. The summed E-state index contributed by atoms with van der Waals surface area (Å²) in [6.45, 7) is -0.564. The zero-order chi connectivity index (χ0) is 22.1. The highest BCUT2D eigenvalue weighted by molar-refractivity contribution is 5.96. The van der Waals surface area contributed by atoms with Gasteiger partial charge >= 0.3 is 5.97 Å². The third-order valence-electron chi connectivity index (χ3n) is 5.35. The van der Waals surface area contributed by atoms with Crippen LogP contribution >= 0.6 is 0 Å². The fraction of sp³-hybridized carbons (Fsp3) is 0.318.